The van der Waals surface area contributed by atoms with Gasteiger partial charge in [0.15, 0.2) is 11.5 Å². The maximum absolute atomic E-state index is 12.7. The molecule has 9 heteroatoms. The average Bonchev–Trinajstić information content (AvgIpc) is 3.30. The molecule has 0 fully saturated rings. The molecule has 0 aliphatic carbocycles. The van der Waals surface area contributed by atoms with Crippen molar-refractivity contribution in [3.05, 3.63) is 101 Å². The summed E-state index contributed by atoms with van der Waals surface area (Å²) in [5, 5.41) is 11.0. The van der Waals surface area contributed by atoms with Crippen LogP contribution in [0.1, 0.15) is 46.5 Å². The Bertz CT molecular complexity index is 1310. The Morgan fingerprint density at radius 2 is 1.48 bits per heavy atom. The van der Waals surface area contributed by atoms with Crippen molar-refractivity contribution < 1.29 is 9.47 Å². The van der Waals surface area contributed by atoms with E-state index < -0.39 is 5.92 Å². The second-order valence-corrected chi connectivity index (χ2v) is 8.56. The van der Waals surface area contributed by atoms with Gasteiger partial charge in [-0.25, -0.2) is 0 Å². The first-order valence-electron chi connectivity index (χ1n) is 10.6. The molecular formula is C24H25BrN4O4. The first-order valence-corrected chi connectivity index (χ1v) is 11.4. The van der Waals surface area contributed by atoms with E-state index in [-0.39, 0.29) is 11.1 Å². The van der Waals surface area contributed by atoms with Crippen LogP contribution in [0, 0.1) is 13.8 Å². The Hall–Kier alpha value is -3.46. The van der Waals surface area contributed by atoms with E-state index in [9.17, 15) is 9.59 Å². The zero-order valence-corrected chi connectivity index (χ0v) is 20.1. The van der Waals surface area contributed by atoms with Crippen LogP contribution in [0.15, 0.2) is 56.5 Å². The lowest BCUT2D eigenvalue weighted by Crippen LogP contribution is -2.20. The number of aromatic nitrogens is 4. The molecule has 0 atom stereocenters. The Labute approximate surface area is 198 Å². The Balaban J connectivity index is 1.84. The van der Waals surface area contributed by atoms with E-state index in [2.05, 4.69) is 36.3 Å². The van der Waals surface area contributed by atoms with Crippen molar-refractivity contribution in [2.75, 3.05) is 6.61 Å². The molecule has 0 saturated heterocycles. The minimum absolute atomic E-state index is 0.281. The molecular weight excluding hydrogens is 488 g/mol. The summed E-state index contributed by atoms with van der Waals surface area (Å²) in [4.78, 5) is 25.4. The van der Waals surface area contributed by atoms with E-state index in [0.29, 0.717) is 51.7 Å². The van der Waals surface area contributed by atoms with Gasteiger partial charge in [-0.05, 0) is 60.0 Å². The van der Waals surface area contributed by atoms with Crippen LogP contribution in [-0.4, -0.2) is 27.0 Å². The molecule has 4 N–H and O–H groups in total. The fraction of sp³-hybridized carbons (Fsp3) is 0.250. The molecule has 4 aromatic rings. The molecule has 0 bridgehead atoms. The number of hydrogen-bond donors (Lipinski definition) is 4. The molecule has 0 spiro atoms. The summed E-state index contributed by atoms with van der Waals surface area (Å²) in [5.41, 5.74) is 3.43. The lowest BCUT2D eigenvalue weighted by molar-refractivity contribution is 0.267. The summed E-state index contributed by atoms with van der Waals surface area (Å²) in [5.74, 6) is 0.466. The lowest BCUT2D eigenvalue weighted by atomic mass is 9.85. The SMILES string of the molecule is CCOc1cc(C(c2c(C)[nH][nH]c2=O)c2c(C)[nH][nH]c2=O)cc(Br)c1OCc1ccccc1. The Morgan fingerprint density at radius 3 is 2.00 bits per heavy atom. The standard InChI is InChI=1S/C24H25BrN4O4/c1-4-32-18-11-16(10-17(25)22(18)33-12-15-8-6-5-7-9-15)21(19-13(2)26-28-23(19)30)20-14(3)27-29-24(20)31/h5-11,21H,4,12H2,1-3H3,(H2,26,28,30)(H2,27,29,31). The highest BCUT2D eigenvalue weighted by Crippen LogP contribution is 2.42. The van der Waals surface area contributed by atoms with Gasteiger partial charge in [0, 0.05) is 17.3 Å². The molecule has 172 valence electrons. The number of rotatable bonds is 8. The topological polar surface area (TPSA) is 116 Å². The number of H-pyrrole nitrogens is 4. The number of aryl methyl sites for hydroxylation is 2. The molecule has 2 heterocycles. The number of hydrogen-bond acceptors (Lipinski definition) is 4. The number of nitrogens with one attached hydrogen (secondary N) is 4. The highest BCUT2D eigenvalue weighted by molar-refractivity contribution is 9.10. The largest absolute Gasteiger partial charge is 0.490 e. The van der Waals surface area contributed by atoms with Gasteiger partial charge in [0.05, 0.1) is 22.2 Å². The van der Waals surface area contributed by atoms with Gasteiger partial charge in [-0.3, -0.25) is 19.8 Å². The van der Waals surface area contributed by atoms with E-state index in [0.717, 1.165) is 11.1 Å². The minimum atomic E-state index is -0.617. The zero-order chi connectivity index (χ0) is 23.5. The van der Waals surface area contributed by atoms with Crippen LogP contribution >= 0.6 is 15.9 Å². The molecule has 0 radical (unpaired) electrons. The van der Waals surface area contributed by atoms with Crippen LogP contribution < -0.4 is 20.6 Å². The van der Waals surface area contributed by atoms with Crippen molar-refractivity contribution in [3.8, 4) is 11.5 Å². The average molecular weight is 513 g/mol. The van der Waals surface area contributed by atoms with Gasteiger partial charge in [0.2, 0.25) is 0 Å². The Kier molecular flexibility index (Phi) is 6.60. The maximum atomic E-state index is 12.7. The highest BCUT2D eigenvalue weighted by atomic mass is 79.9. The molecule has 2 aromatic heterocycles. The van der Waals surface area contributed by atoms with Crippen LogP contribution in [-0.2, 0) is 6.61 Å². The second-order valence-electron chi connectivity index (χ2n) is 7.71. The molecule has 2 aromatic carbocycles. The van der Waals surface area contributed by atoms with Gasteiger partial charge in [-0.1, -0.05) is 30.3 Å². The van der Waals surface area contributed by atoms with Crippen LogP contribution in [0.4, 0.5) is 0 Å². The third-order valence-electron chi connectivity index (χ3n) is 5.49. The van der Waals surface area contributed by atoms with E-state index in [4.69, 9.17) is 9.47 Å². The van der Waals surface area contributed by atoms with Crippen molar-refractivity contribution >= 4 is 15.9 Å². The van der Waals surface area contributed by atoms with Gasteiger partial charge < -0.3 is 19.7 Å². The van der Waals surface area contributed by atoms with Crippen LogP contribution in [0.2, 0.25) is 0 Å². The number of halogens is 1. The van der Waals surface area contributed by atoms with E-state index in [1.807, 2.05) is 49.4 Å². The summed E-state index contributed by atoms with van der Waals surface area (Å²) in [6, 6.07) is 13.5. The second kappa shape index (κ2) is 9.58. The Morgan fingerprint density at radius 1 is 0.879 bits per heavy atom. The van der Waals surface area contributed by atoms with Gasteiger partial charge in [-0.15, -0.1) is 0 Å². The fourth-order valence-electron chi connectivity index (χ4n) is 3.97. The van der Waals surface area contributed by atoms with E-state index in [1.165, 1.54) is 0 Å². The molecule has 0 unspecified atom stereocenters. The number of ether oxygens (including phenoxy) is 2. The molecule has 0 saturated carbocycles. The number of benzene rings is 2. The predicted molar refractivity (Wildman–Crippen MR) is 129 cm³/mol. The van der Waals surface area contributed by atoms with Crippen molar-refractivity contribution in [1.29, 1.82) is 0 Å². The first-order chi connectivity index (χ1) is 15.9. The summed E-state index contributed by atoms with van der Waals surface area (Å²) < 4.78 is 12.7. The molecule has 8 nitrogen and oxygen atoms in total. The molecule has 0 aliphatic heterocycles. The van der Waals surface area contributed by atoms with Crippen molar-refractivity contribution in [2.45, 2.75) is 33.3 Å². The smallest absolute Gasteiger partial charge is 0.268 e. The zero-order valence-electron chi connectivity index (χ0n) is 18.5. The van der Waals surface area contributed by atoms with Crippen molar-refractivity contribution in [1.82, 2.24) is 20.4 Å². The molecule has 0 aliphatic rings. The molecule has 4 rings (SSSR count). The normalized spacial score (nSPS) is 11.2. The first kappa shape index (κ1) is 22.7. The van der Waals surface area contributed by atoms with Crippen LogP contribution in [0.3, 0.4) is 0 Å². The monoisotopic (exact) mass is 512 g/mol. The fourth-order valence-corrected chi connectivity index (χ4v) is 4.55. The predicted octanol–water partition coefficient (Wildman–Crippen LogP) is 4.26. The third kappa shape index (κ3) is 4.54. The minimum Gasteiger partial charge on any atom is -0.490 e. The molecule has 0 amide bonds. The van der Waals surface area contributed by atoms with E-state index >= 15 is 0 Å². The summed E-state index contributed by atoms with van der Waals surface area (Å²) in [6.07, 6.45) is 0. The summed E-state index contributed by atoms with van der Waals surface area (Å²) in [6.45, 7) is 6.28. The number of aromatic amines is 4. The summed E-state index contributed by atoms with van der Waals surface area (Å²) >= 11 is 3.62. The maximum Gasteiger partial charge on any atom is 0.268 e. The van der Waals surface area contributed by atoms with Gasteiger partial charge >= 0.3 is 0 Å². The van der Waals surface area contributed by atoms with Crippen LogP contribution in [0.25, 0.3) is 0 Å². The van der Waals surface area contributed by atoms with Gasteiger partial charge in [0.25, 0.3) is 11.1 Å². The van der Waals surface area contributed by atoms with E-state index in [1.54, 1.807) is 13.8 Å². The third-order valence-corrected chi connectivity index (χ3v) is 6.08. The van der Waals surface area contributed by atoms with Crippen LogP contribution in [0.5, 0.6) is 11.5 Å². The van der Waals surface area contributed by atoms with Gasteiger partial charge in [-0.2, -0.15) is 0 Å². The lowest BCUT2D eigenvalue weighted by Gasteiger charge is -2.20. The highest BCUT2D eigenvalue weighted by Gasteiger charge is 2.29. The van der Waals surface area contributed by atoms with Crippen molar-refractivity contribution in [2.24, 2.45) is 0 Å². The van der Waals surface area contributed by atoms with Crippen molar-refractivity contribution in [3.63, 3.8) is 0 Å². The molecule has 33 heavy (non-hydrogen) atoms. The summed E-state index contributed by atoms with van der Waals surface area (Å²) in [7, 11) is 0. The van der Waals surface area contributed by atoms with Gasteiger partial charge in [0.1, 0.15) is 6.61 Å². The quantitative estimate of drug-likeness (QED) is 0.282.